The number of hydrogen-bond donors (Lipinski definition) is 2. The predicted octanol–water partition coefficient (Wildman–Crippen LogP) is 6.03. The summed E-state index contributed by atoms with van der Waals surface area (Å²) in [5, 5.41) is 0. The summed E-state index contributed by atoms with van der Waals surface area (Å²) >= 11 is 0. The molecule has 4 rings (SSSR count). The minimum atomic E-state index is 0.102. The van der Waals surface area contributed by atoms with Crippen molar-refractivity contribution in [2.75, 3.05) is 14.2 Å². The lowest BCUT2D eigenvalue weighted by Gasteiger charge is -2.20. The van der Waals surface area contributed by atoms with Gasteiger partial charge in [0.25, 0.3) is 0 Å². The molecule has 0 fully saturated rings. The molecule has 0 spiro atoms. The van der Waals surface area contributed by atoms with Gasteiger partial charge in [-0.05, 0) is 49.2 Å². The summed E-state index contributed by atoms with van der Waals surface area (Å²) in [5.41, 5.74) is 4.04. The summed E-state index contributed by atoms with van der Waals surface area (Å²) in [7, 11) is 3.37. The molecular formula is C26H30N4O3. The fraction of sp³-hybridized carbons (Fsp3) is 0.308. The first-order valence-electron chi connectivity index (χ1n) is 11.2. The Morgan fingerprint density at radius 3 is 1.52 bits per heavy atom. The van der Waals surface area contributed by atoms with Gasteiger partial charge in [-0.15, -0.1) is 0 Å². The number of ether oxygens (including phenoxy) is 3. The summed E-state index contributed by atoms with van der Waals surface area (Å²) in [6.45, 7) is 4.28. The maximum atomic E-state index is 6.32. The van der Waals surface area contributed by atoms with Crippen molar-refractivity contribution < 1.29 is 14.2 Å². The highest BCUT2D eigenvalue weighted by Crippen LogP contribution is 2.39. The third-order valence-electron chi connectivity index (χ3n) is 5.96. The van der Waals surface area contributed by atoms with Crippen molar-refractivity contribution in [2.24, 2.45) is 0 Å². The van der Waals surface area contributed by atoms with E-state index in [0.717, 1.165) is 58.4 Å². The molecule has 0 bridgehead atoms. The molecule has 172 valence electrons. The number of aromatic amines is 2. The molecule has 7 nitrogen and oxygen atoms in total. The van der Waals surface area contributed by atoms with Gasteiger partial charge in [-0.1, -0.05) is 13.8 Å². The van der Waals surface area contributed by atoms with Crippen LogP contribution in [0.1, 0.15) is 61.0 Å². The highest BCUT2D eigenvalue weighted by molar-refractivity contribution is 5.49. The summed E-state index contributed by atoms with van der Waals surface area (Å²) in [6, 6.07) is 11.8. The van der Waals surface area contributed by atoms with Crippen LogP contribution in [-0.4, -0.2) is 34.2 Å². The predicted molar refractivity (Wildman–Crippen MR) is 128 cm³/mol. The van der Waals surface area contributed by atoms with E-state index in [0.29, 0.717) is 0 Å². The molecule has 0 aliphatic heterocycles. The first-order valence-corrected chi connectivity index (χ1v) is 11.2. The van der Waals surface area contributed by atoms with E-state index in [1.165, 1.54) is 0 Å². The van der Waals surface area contributed by atoms with Crippen LogP contribution >= 0.6 is 0 Å². The highest BCUT2D eigenvalue weighted by Gasteiger charge is 2.21. The Bertz CT molecular complexity index is 1060. The Hall–Kier alpha value is -3.74. The molecule has 0 amide bonds. The second kappa shape index (κ2) is 10.3. The van der Waals surface area contributed by atoms with E-state index in [-0.39, 0.29) is 11.8 Å². The van der Waals surface area contributed by atoms with Crippen LogP contribution in [0.2, 0.25) is 0 Å². The SMILES string of the molecule is CCC(c1c[nH]cn1)c1cc(Oc2ccc(OC)c(C(CC)c3c[nH]cn3)c2)ccc1OC. The lowest BCUT2D eigenvalue weighted by atomic mass is 9.92. The number of methoxy groups -OCH3 is 2. The third kappa shape index (κ3) is 4.72. The van der Waals surface area contributed by atoms with Crippen LogP contribution in [0.4, 0.5) is 0 Å². The number of imidazole rings is 2. The zero-order valence-electron chi connectivity index (χ0n) is 19.5. The van der Waals surface area contributed by atoms with Crippen LogP contribution in [0.15, 0.2) is 61.4 Å². The van der Waals surface area contributed by atoms with Crippen molar-refractivity contribution in [3.63, 3.8) is 0 Å². The zero-order chi connectivity index (χ0) is 23.2. The normalized spacial score (nSPS) is 12.8. The topological polar surface area (TPSA) is 85.0 Å². The van der Waals surface area contributed by atoms with E-state index < -0.39 is 0 Å². The molecule has 2 heterocycles. The molecule has 2 N–H and O–H groups in total. The lowest BCUT2D eigenvalue weighted by Crippen LogP contribution is -2.04. The standard InChI is InChI=1S/C26H30N4O3/c1-5-19(23-13-27-15-29-23)21-11-17(7-9-25(21)31-3)33-18-8-10-26(32-4)22(12-18)20(6-2)24-14-28-16-30-24/h7-16,19-20H,5-6H2,1-4H3,(H,27,29)(H,28,30). The second-order valence-electron chi connectivity index (χ2n) is 7.82. The van der Waals surface area contributed by atoms with Gasteiger partial charge in [0.05, 0.1) is 38.3 Å². The molecule has 2 aromatic carbocycles. The fourth-order valence-corrected chi connectivity index (χ4v) is 4.33. The van der Waals surface area contributed by atoms with E-state index in [9.17, 15) is 0 Å². The number of rotatable bonds is 10. The Kier molecular flexibility index (Phi) is 6.98. The molecule has 0 saturated heterocycles. The first kappa shape index (κ1) is 22.5. The Morgan fingerprint density at radius 2 is 1.18 bits per heavy atom. The molecule has 4 aromatic rings. The van der Waals surface area contributed by atoms with Crippen LogP contribution in [0.25, 0.3) is 0 Å². The smallest absolute Gasteiger partial charge is 0.127 e. The molecule has 0 radical (unpaired) electrons. The number of aromatic nitrogens is 4. The van der Waals surface area contributed by atoms with E-state index in [1.54, 1.807) is 26.9 Å². The van der Waals surface area contributed by atoms with Crippen molar-refractivity contribution >= 4 is 0 Å². The van der Waals surface area contributed by atoms with Gasteiger partial charge in [-0.2, -0.15) is 0 Å². The highest BCUT2D eigenvalue weighted by atomic mass is 16.5. The van der Waals surface area contributed by atoms with Gasteiger partial charge in [0.1, 0.15) is 23.0 Å². The van der Waals surface area contributed by atoms with E-state index in [2.05, 4.69) is 33.8 Å². The van der Waals surface area contributed by atoms with Crippen molar-refractivity contribution in [3.8, 4) is 23.0 Å². The van der Waals surface area contributed by atoms with Gasteiger partial charge in [-0.3, -0.25) is 0 Å². The average molecular weight is 447 g/mol. The van der Waals surface area contributed by atoms with Gasteiger partial charge in [0.2, 0.25) is 0 Å². The molecule has 2 atom stereocenters. The van der Waals surface area contributed by atoms with E-state index in [4.69, 9.17) is 14.2 Å². The van der Waals surface area contributed by atoms with Gasteiger partial charge in [0, 0.05) is 35.4 Å². The van der Waals surface area contributed by atoms with Crippen LogP contribution < -0.4 is 14.2 Å². The maximum Gasteiger partial charge on any atom is 0.127 e. The van der Waals surface area contributed by atoms with E-state index >= 15 is 0 Å². The largest absolute Gasteiger partial charge is 0.496 e. The van der Waals surface area contributed by atoms with Crippen molar-refractivity contribution in [1.29, 1.82) is 0 Å². The second-order valence-corrected chi connectivity index (χ2v) is 7.82. The number of hydrogen-bond acceptors (Lipinski definition) is 5. The van der Waals surface area contributed by atoms with Crippen LogP contribution in [0, 0.1) is 0 Å². The van der Waals surface area contributed by atoms with Gasteiger partial charge >= 0.3 is 0 Å². The number of nitrogens with one attached hydrogen (secondary N) is 2. The summed E-state index contributed by atoms with van der Waals surface area (Å²) < 4.78 is 17.6. The van der Waals surface area contributed by atoms with Crippen molar-refractivity contribution in [1.82, 2.24) is 19.9 Å². The van der Waals surface area contributed by atoms with Crippen LogP contribution in [0.3, 0.4) is 0 Å². The van der Waals surface area contributed by atoms with Crippen LogP contribution in [0.5, 0.6) is 23.0 Å². The third-order valence-corrected chi connectivity index (χ3v) is 5.96. The minimum Gasteiger partial charge on any atom is -0.496 e. The summed E-state index contributed by atoms with van der Waals surface area (Å²) in [5.74, 6) is 3.32. The number of H-pyrrole nitrogens is 2. The van der Waals surface area contributed by atoms with Gasteiger partial charge in [-0.25, -0.2) is 9.97 Å². The minimum absolute atomic E-state index is 0.102. The van der Waals surface area contributed by atoms with Gasteiger partial charge in [0.15, 0.2) is 0 Å². The zero-order valence-corrected chi connectivity index (χ0v) is 19.5. The van der Waals surface area contributed by atoms with Crippen molar-refractivity contribution in [3.05, 3.63) is 84.0 Å². The fourth-order valence-electron chi connectivity index (χ4n) is 4.33. The quantitative estimate of drug-likeness (QED) is 0.311. The molecule has 0 aliphatic carbocycles. The molecule has 0 aliphatic rings. The Morgan fingerprint density at radius 1 is 0.727 bits per heavy atom. The average Bonchev–Trinajstić information content (AvgIpc) is 3.56. The summed E-state index contributed by atoms with van der Waals surface area (Å²) in [4.78, 5) is 15.0. The Balaban J connectivity index is 1.68. The monoisotopic (exact) mass is 446 g/mol. The molecule has 0 saturated carbocycles. The van der Waals surface area contributed by atoms with Crippen LogP contribution in [-0.2, 0) is 0 Å². The lowest BCUT2D eigenvalue weighted by molar-refractivity contribution is 0.402. The van der Waals surface area contributed by atoms with Gasteiger partial charge < -0.3 is 24.2 Å². The maximum absolute atomic E-state index is 6.32. The molecular weight excluding hydrogens is 416 g/mol. The Labute approximate surface area is 194 Å². The number of benzene rings is 2. The molecule has 2 unspecified atom stereocenters. The number of nitrogens with zero attached hydrogens (tertiary/aromatic N) is 2. The first-order chi connectivity index (χ1) is 16.2. The molecule has 2 aromatic heterocycles. The van der Waals surface area contributed by atoms with E-state index in [1.807, 2.05) is 48.8 Å². The molecule has 33 heavy (non-hydrogen) atoms. The summed E-state index contributed by atoms with van der Waals surface area (Å²) in [6.07, 6.45) is 9.03. The van der Waals surface area contributed by atoms with Crippen molar-refractivity contribution in [2.45, 2.75) is 38.5 Å². The molecule has 7 heteroatoms.